The maximum absolute atomic E-state index is 12.9. The number of hydrogen-bond donors (Lipinski definition) is 2. The van der Waals surface area contributed by atoms with Gasteiger partial charge in [0.25, 0.3) is 5.91 Å². The van der Waals surface area contributed by atoms with Gasteiger partial charge in [-0.05, 0) is 49.2 Å². The van der Waals surface area contributed by atoms with E-state index in [1.165, 1.54) is 28.6 Å². The van der Waals surface area contributed by atoms with E-state index in [0.29, 0.717) is 23.4 Å². The van der Waals surface area contributed by atoms with Gasteiger partial charge in [-0.25, -0.2) is 15.0 Å². The van der Waals surface area contributed by atoms with Crippen molar-refractivity contribution in [2.45, 2.75) is 32.9 Å². The summed E-state index contributed by atoms with van der Waals surface area (Å²) in [5, 5.41) is 3.35. The number of amides is 1. The number of pyridine rings is 1. The molecule has 8 nitrogen and oxygen atoms in total. The SMILES string of the molecule is CSNc1cc(C(=O)N2CC(N3CCc4nc(Nc5cc(C)cc(C)c5)ncc4C3)C2)ccn1. The molecule has 0 spiro atoms. The number of carbonyl (C=O) groups excluding carboxylic acids is 1. The van der Waals surface area contributed by atoms with E-state index in [2.05, 4.69) is 57.0 Å². The second-order valence-corrected chi connectivity index (χ2v) is 9.60. The third-order valence-corrected chi connectivity index (χ3v) is 6.73. The molecule has 176 valence electrons. The van der Waals surface area contributed by atoms with Crippen molar-refractivity contribution in [2.24, 2.45) is 0 Å². The van der Waals surface area contributed by atoms with Gasteiger partial charge >= 0.3 is 0 Å². The van der Waals surface area contributed by atoms with Crippen molar-refractivity contribution in [1.82, 2.24) is 24.8 Å². The molecule has 34 heavy (non-hydrogen) atoms. The predicted molar refractivity (Wildman–Crippen MR) is 136 cm³/mol. The summed E-state index contributed by atoms with van der Waals surface area (Å²) in [5.74, 6) is 1.41. The Bertz CT molecular complexity index is 1190. The van der Waals surface area contributed by atoms with Crippen LogP contribution in [0.1, 0.15) is 32.7 Å². The molecule has 1 saturated heterocycles. The summed E-state index contributed by atoms with van der Waals surface area (Å²) in [4.78, 5) is 30.8. The molecule has 9 heteroatoms. The molecule has 0 saturated carbocycles. The Hall–Kier alpha value is -3.17. The van der Waals surface area contributed by atoms with Crippen LogP contribution in [0.5, 0.6) is 0 Å². The lowest BCUT2D eigenvalue weighted by Gasteiger charge is -2.46. The highest BCUT2D eigenvalue weighted by molar-refractivity contribution is 7.99. The predicted octanol–water partition coefficient (Wildman–Crippen LogP) is 3.80. The number of aromatic nitrogens is 3. The molecule has 0 unspecified atom stereocenters. The lowest BCUT2D eigenvalue weighted by molar-refractivity contribution is 0.0215. The molecule has 5 rings (SSSR count). The molecule has 0 bridgehead atoms. The minimum absolute atomic E-state index is 0.0608. The van der Waals surface area contributed by atoms with E-state index < -0.39 is 0 Å². The Morgan fingerprint density at radius 1 is 1.12 bits per heavy atom. The molecule has 2 aliphatic heterocycles. The van der Waals surface area contributed by atoms with Crippen LogP contribution in [0, 0.1) is 13.8 Å². The van der Waals surface area contributed by atoms with Gasteiger partial charge in [0.1, 0.15) is 5.82 Å². The van der Waals surface area contributed by atoms with Crippen LogP contribution in [0.4, 0.5) is 17.5 Å². The Kier molecular flexibility index (Phi) is 6.38. The fourth-order valence-electron chi connectivity index (χ4n) is 4.64. The lowest BCUT2D eigenvalue weighted by atomic mass is 10.00. The van der Waals surface area contributed by atoms with Gasteiger partial charge in [-0.3, -0.25) is 9.69 Å². The molecule has 2 aromatic heterocycles. The third-order valence-electron chi connectivity index (χ3n) is 6.32. The van der Waals surface area contributed by atoms with Gasteiger partial charge in [0.2, 0.25) is 5.95 Å². The van der Waals surface area contributed by atoms with E-state index in [1.54, 1.807) is 12.3 Å². The maximum Gasteiger partial charge on any atom is 0.254 e. The van der Waals surface area contributed by atoms with Gasteiger partial charge in [0.15, 0.2) is 0 Å². The standard InChI is InChI=1S/C25H29N7OS/c1-16-8-17(2)10-20(9-16)28-25-27-12-19-13-31(7-5-22(19)29-25)21-14-32(15-21)24(33)18-4-6-26-23(11-18)30-34-3/h4,6,8-12,21H,5,7,13-15H2,1-3H3,(H,26,30)(H,27,28,29). The monoisotopic (exact) mass is 475 g/mol. The Morgan fingerprint density at radius 3 is 2.68 bits per heavy atom. The van der Waals surface area contributed by atoms with Gasteiger partial charge in [-0.1, -0.05) is 18.0 Å². The molecule has 2 N–H and O–H groups in total. The number of benzene rings is 1. The largest absolute Gasteiger partial charge is 0.335 e. The van der Waals surface area contributed by atoms with E-state index in [9.17, 15) is 4.79 Å². The van der Waals surface area contributed by atoms with E-state index in [1.807, 2.05) is 23.4 Å². The fraction of sp³-hybridized carbons (Fsp3) is 0.360. The first-order valence-electron chi connectivity index (χ1n) is 11.5. The highest BCUT2D eigenvalue weighted by atomic mass is 32.2. The van der Waals surface area contributed by atoms with Crippen LogP contribution in [0.25, 0.3) is 0 Å². The smallest absolute Gasteiger partial charge is 0.254 e. The van der Waals surface area contributed by atoms with Gasteiger partial charge in [0.05, 0.1) is 5.69 Å². The van der Waals surface area contributed by atoms with E-state index >= 15 is 0 Å². The minimum atomic E-state index is 0.0608. The molecule has 0 radical (unpaired) electrons. The van der Waals surface area contributed by atoms with Crippen LogP contribution in [-0.4, -0.2) is 62.6 Å². The van der Waals surface area contributed by atoms with Gasteiger partial charge in [0, 0.05) is 74.1 Å². The summed E-state index contributed by atoms with van der Waals surface area (Å²) in [5.41, 5.74) is 6.39. The van der Waals surface area contributed by atoms with Crippen LogP contribution < -0.4 is 10.0 Å². The van der Waals surface area contributed by atoms with E-state index in [4.69, 9.17) is 4.98 Å². The number of likely N-dealkylation sites (tertiary alicyclic amines) is 1. The molecule has 0 atom stereocenters. The minimum Gasteiger partial charge on any atom is -0.335 e. The van der Waals surface area contributed by atoms with Crippen molar-refractivity contribution in [2.75, 3.05) is 35.9 Å². The molecule has 1 aromatic carbocycles. The van der Waals surface area contributed by atoms with Gasteiger partial charge in [-0.15, -0.1) is 0 Å². The second-order valence-electron chi connectivity index (χ2n) is 8.99. The first-order valence-corrected chi connectivity index (χ1v) is 12.7. The quantitative estimate of drug-likeness (QED) is 0.521. The molecule has 1 amide bonds. The second kappa shape index (κ2) is 9.60. The number of nitrogens with one attached hydrogen (secondary N) is 2. The lowest BCUT2D eigenvalue weighted by Crippen LogP contribution is -2.61. The molecule has 2 aliphatic rings. The topological polar surface area (TPSA) is 86.3 Å². The molecule has 0 aliphatic carbocycles. The summed E-state index contributed by atoms with van der Waals surface area (Å²) in [6.45, 7) is 7.43. The summed E-state index contributed by atoms with van der Waals surface area (Å²) in [7, 11) is 0. The summed E-state index contributed by atoms with van der Waals surface area (Å²) in [6, 6.07) is 10.3. The zero-order valence-corrected chi connectivity index (χ0v) is 20.5. The number of nitrogens with zero attached hydrogens (tertiary/aromatic N) is 5. The highest BCUT2D eigenvalue weighted by Crippen LogP contribution is 2.26. The van der Waals surface area contributed by atoms with Crippen LogP contribution in [0.2, 0.25) is 0 Å². The summed E-state index contributed by atoms with van der Waals surface area (Å²) in [6.07, 6.45) is 6.43. The van der Waals surface area contributed by atoms with Gasteiger partial charge < -0.3 is 14.9 Å². The van der Waals surface area contributed by atoms with Crippen molar-refractivity contribution >= 4 is 35.3 Å². The first kappa shape index (κ1) is 22.6. The Morgan fingerprint density at radius 2 is 1.91 bits per heavy atom. The van der Waals surface area contributed by atoms with Crippen LogP contribution in [0.15, 0.2) is 42.7 Å². The number of carbonyl (C=O) groups is 1. The van der Waals surface area contributed by atoms with Gasteiger partial charge in [-0.2, -0.15) is 0 Å². The van der Waals surface area contributed by atoms with Crippen LogP contribution in [-0.2, 0) is 13.0 Å². The molecule has 3 aromatic rings. The van der Waals surface area contributed by atoms with Crippen molar-refractivity contribution in [3.63, 3.8) is 0 Å². The average molecular weight is 476 g/mol. The highest BCUT2D eigenvalue weighted by Gasteiger charge is 2.36. The van der Waals surface area contributed by atoms with Crippen molar-refractivity contribution in [1.29, 1.82) is 0 Å². The summed E-state index contributed by atoms with van der Waals surface area (Å²) >= 11 is 1.46. The number of hydrogen-bond acceptors (Lipinski definition) is 8. The van der Waals surface area contributed by atoms with E-state index in [0.717, 1.165) is 44.0 Å². The summed E-state index contributed by atoms with van der Waals surface area (Å²) < 4.78 is 3.08. The Labute approximate surface area is 204 Å². The van der Waals surface area contributed by atoms with Crippen molar-refractivity contribution in [3.05, 3.63) is 70.7 Å². The average Bonchev–Trinajstić information content (AvgIpc) is 2.78. The van der Waals surface area contributed by atoms with Crippen LogP contribution in [0.3, 0.4) is 0 Å². The number of rotatable bonds is 6. The zero-order valence-electron chi connectivity index (χ0n) is 19.7. The number of aryl methyl sites for hydroxylation is 2. The molecule has 4 heterocycles. The Balaban J connectivity index is 1.18. The van der Waals surface area contributed by atoms with Crippen molar-refractivity contribution < 1.29 is 4.79 Å². The molecular formula is C25H29N7OS. The molecule has 1 fully saturated rings. The fourth-order valence-corrected chi connectivity index (χ4v) is 4.97. The van der Waals surface area contributed by atoms with Crippen molar-refractivity contribution in [3.8, 4) is 0 Å². The third kappa shape index (κ3) is 4.85. The van der Waals surface area contributed by atoms with Crippen LogP contribution >= 0.6 is 11.9 Å². The normalized spacial score (nSPS) is 16.0. The molecular weight excluding hydrogens is 446 g/mol. The number of anilines is 3. The number of fused-ring (bicyclic) bond motifs is 1. The maximum atomic E-state index is 12.9. The zero-order chi connectivity index (χ0) is 23.7. The van der Waals surface area contributed by atoms with E-state index in [-0.39, 0.29) is 5.91 Å². The first-order chi connectivity index (χ1) is 16.5.